The first-order chi connectivity index (χ1) is 10.7. The maximum absolute atomic E-state index is 12.4. The second-order valence-corrected chi connectivity index (χ2v) is 7.21. The lowest BCUT2D eigenvalue weighted by Crippen LogP contribution is -2.43. The molecule has 1 aromatic heterocycles. The lowest BCUT2D eigenvalue weighted by molar-refractivity contribution is 0.0929. The van der Waals surface area contributed by atoms with E-state index in [4.69, 9.17) is 0 Å². The van der Waals surface area contributed by atoms with Gasteiger partial charge in [0.1, 0.15) is 5.75 Å². The molecular formula is C17H18N2O2S. The van der Waals surface area contributed by atoms with Gasteiger partial charge in [-0.1, -0.05) is 0 Å². The van der Waals surface area contributed by atoms with Crippen molar-refractivity contribution in [2.75, 3.05) is 6.54 Å². The average Bonchev–Trinajstić information content (AvgIpc) is 3.24. The first-order valence-corrected chi connectivity index (χ1v) is 8.44. The first kappa shape index (κ1) is 13.8. The van der Waals surface area contributed by atoms with Crippen LogP contribution in [0.2, 0.25) is 0 Å². The normalized spacial score (nSPS) is 26.3. The number of amides is 1. The van der Waals surface area contributed by atoms with Crippen LogP contribution in [0.3, 0.4) is 0 Å². The summed E-state index contributed by atoms with van der Waals surface area (Å²) in [5.41, 5.74) is 1.02. The van der Waals surface area contributed by atoms with Gasteiger partial charge < -0.3 is 15.7 Å². The van der Waals surface area contributed by atoms with Crippen molar-refractivity contribution in [1.29, 1.82) is 0 Å². The fraction of sp³-hybridized carbons (Fsp3) is 0.353. The average molecular weight is 314 g/mol. The zero-order valence-electron chi connectivity index (χ0n) is 12.1. The zero-order valence-corrected chi connectivity index (χ0v) is 12.9. The third-order valence-electron chi connectivity index (χ3n) is 4.66. The summed E-state index contributed by atoms with van der Waals surface area (Å²) in [5, 5.41) is 16.0. The fourth-order valence-electron chi connectivity index (χ4n) is 3.49. The molecule has 4 rings (SSSR count). The van der Waals surface area contributed by atoms with Crippen molar-refractivity contribution in [1.82, 2.24) is 10.6 Å². The minimum absolute atomic E-state index is 0.0348. The Hall–Kier alpha value is -1.85. The van der Waals surface area contributed by atoms with Crippen LogP contribution >= 0.6 is 11.3 Å². The molecule has 0 radical (unpaired) electrons. The molecule has 3 atom stereocenters. The number of hydrogen-bond donors (Lipinski definition) is 3. The number of piperidine rings is 1. The van der Waals surface area contributed by atoms with Crippen LogP contribution in [0.4, 0.5) is 0 Å². The van der Waals surface area contributed by atoms with Crippen LogP contribution in [0.1, 0.15) is 22.5 Å². The number of carbonyl (C=O) groups is 1. The van der Waals surface area contributed by atoms with Crippen molar-refractivity contribution in [3.8, 4) is 16.2 Å². The van der Waals surface area contributed by atoms with E-state index in [2.05, 4.69) is 10.6 Å². The highest BCUT2D eigenvalue weighted by Crippen LogP contribution is 2.33. The Kier molecular flexibility index (Phi) is 3.39. The summed E-state index contributed by atoms with van der Waals surface area (Å²) in [6.07, 6.45) is 2.24. The molecule has 1 aromatic carbocycles. The highest BCUT2D eigenvalue weighted by atomic mass is 32.1. The molecule has 2 fully saturated rings. The molecule has 2 bridgehead atoms. The number of hydrogen-bond acceptors (Lipinski definition) is 4. The van der Waals surface area contributed by atoms with Crippen molar-refractivity contribution in [3.63, 3.8) is 0 Å². The van der Waals surface area contributed by atoms with Crippen LogP contribution in [0.5, 0.6) is 5.75 Å². The molecule has 1 saturated carbocycles. The Bertz CT molecular complexity index is 695. The molecule has 3 unspecified atom stereocenters. The molecule has 1 saturated heterocycles. The Balaban J connectivity index is 1.46. The standard InChI is InChI=1S/C17H18N2O2S/c20-13-3-1-10(2-4-13)15-5-6-16(22-15)17(21)19-14-8-12-7-11(14)9-18-12/h1-6,11-12,14,18,20H,7-9H2,(H,19,21). The van der Waals surface area contributed by atoms with E-state index in [1.807, 2.05) is 24.3 Å². The summed E-state index contributed by atoms with van der Waals surface area (Å²) in [6.45, 7) is 1.03. The number of thiophene rings is 1. The molecule has 1 aliphatic heterocycles. The summed E-state index contributed by atoms with van der Waals surface area (Å²) in [4.78, 5) is 14.2. The van der Waals surface area contributed by atoms with Gasteiger partial charge in [-0.05, 0) is 60.7 Å². The van der Waals surface area contributed by atoms with E-state index in [1.54, 1.807) is 12.1 Å². The van der Waals surface area contributed by atoms with Crippen LogP contribution in [-0.4, -0.2) is 29.6 Å². The van der Waals surface area contributed by atoms with Crippen LogP contribution in [0, 0.1) is 5.92 Å². The number of aromatic hydroxyl groups is 1. The van der Waals surface area contributed by atoms with Crippen LogP contribution < -0.4 is 10.6 Å². The maximum atomic E-state index is 12.4. The monoisotopic (exact) mass is 314 g/mol. The maximum Gasteiger partial charge on any atom is 0.261 e. The number of fused-ring (bicyclic) bond motifs is 2. The minimum Gasteiger partial charge on any atom is -0.508 e. The van der Waals surface area contributed by atoms with E-state index in [0.29, 0.717) is 18.0 Å². The topological polar surface area (TPSA) is 61.4 Å². The van der Waals surface area contributed by atoms with Gasteiger partial charge in [0.15, 0.2) is 0 Å². The van der Waals surface area contributed by atoms with Gasteiger partial charge in [-0.2, -0.15) is 0 Å². The number of carbonyl (C=O) groups excluding carboxylic acids is 1. The van der Waals surface area contributed by atoms with Crippen molar-refractivity contribution in [2.24, 2.45) is 5.92 Å². The molecule has 2 heterocycles. The SMILES string of the molecule is O=C(NC1CC2CC1CN2)c1ccc(-c2ccc(O)cc2)s1. The van der Waals surface area contributed by atoms with E-state index in [-0.39, 0.29) is 11.7 Å². The van der Waals surface area contributed by atoms with Crippen molar-refractivity contribution < 1.29 is 9.90 Å². The van der Waals surface area contributed by atoms with E-state index >= 15 is 0 Å². The fourth-order valence-corrected chi connectivity index (χ4v) is 4.41. The number of phenols is 1. The zero-order chi connectivity index (χ0) is 15.1. The van der Waals surface area contributed by atoms with Crippen molar-refractivity contribution in [2.45, 2.75) is 24.9 Å². The lowest BCUT2D eigenvalue weighted by atomic mass is 10.0. The van der Waals surface area contributed by atoms with Gasteiger partial charge in [-0.3, -0.25) is 4.79 Å². The second kappa shape index (κ2) is 5.41. The minimum atomic E-state index is 0.0348. The number of rotatable bonds is 3. The largest absolute Gasteiger partial charge is 0.508 e. The molecule has 1 amide bonds. The predicted molar refractivity (Wildman–Crippen MR) is 87.2 cm³/mol. The summed E-state index contributed by atoms with van der Waals surface area (Å²) in [7, 11) is 0. The van der Waals surface area contributed by atoms with Crippen molar-refractivity contribution in [3.05, 3.63) is 41.3 Å². The molecule has 22 heavy (non-hydrogen) atoms. The molecule has 3 N–H and O–H groups in total. The summed E-state index contributed by atoms with van der Waals surface area (Å²) in [6, 6.07) is 11.8. The number of phenolic OH excluding ortho intramolecular Hbond substituents is 1. The molecule has 2 aromatic rings. The van der Waals surface area contributed by atoms with E-state index in [1.165, 1.54) is 17.8 Å². The van der Waals surface area contributed by atoms with Crippen molar-refractivity contribution >= 4 is 17.2 Å². The highest BCUT2D eigenvalue weighted by Gasteiger charge is 2.40. The molecular weight excluding hydrogens is 296 g/mol. The van der Waals surface area contributed by atoms with Gasteiger partial charge >= 0.3 is 0 Å². The van der Waals surface area contributed by atoms with E-state index < -0.39 is 0 Å². The molecule has 5 heteroatoms. The van der Waals surface area contributed by atoms with Crippen LogP contribution in [0.25, 0.3) is 10.4 Å². The number of nitrogens with one attached hydrogen (secondary N) is 2. The van der Waals surface area contributed by atoms with Gasteiger partial charge in [0.25, 0.3) is 5.91 Å². The summed E-state index contributed by atoms with van der Waals surface area (Å²) < 4.78 is 0. The van der Waals surface area contributed by atoms with Gasteiger partial charge in [0, 0.05) is 23.5 Å². The number of benzene rings is 1. The van der Waals surface area contributed by atoms with Gasteiger partial charge in [0.2, 0.25) is 0 Å². The third-order valence-corrected chi connectivity index (χ3v) is 5.79. The van der Waals surface area contributed by atoms with Gasteiger partial charge in [-0.15, -0.1) is 11.3 Å². The lowest BCUT2D eigenvalue weighted by Gasteiger charge is -2.23. The van der Waals surface area contributed by atoms with Gasteiger partial charge in [-0.25, -0.2) is 0 Å². The Labute approximate surface area is 133 Å². The predicted octanol–water partition coefficient (Wildman–Crippen LogP) is 2.60. The van der Waals surface area contributed by atoms with E-state index in [9.17, 15) is 9.90 Å². The van der Waals surface area contributed by atoms with E-state index in [0.717, 1.165) is 28.3 Å². The summed E-state index contributed by atoms with van der Waals surface area (Å²) in [5.74, 6) is 0.876. The molecule has 4 nitrogen and oxygen atoms in total. The second-order valence-electron chi connectivity index (χ2n) is 6.13. The summed E-state index contributed by atoms with van der Waals surface area (Å²) >= 11 is 1.49. The Morgan fingerprint density at radius 3 is 2.68 bits per heavy atom. The smallest absolute Gasteiger partial charge is 0.261 e. The third kappa shape index (κ3) is 2.51. The molecule has 0 spiro atoms. The quantitative estimate of drug-likeness (QED) is 0.816. The Morgan fingerprint density at radius 2 is 2.00 bits per heavy atom. The Morgan fingerprint density at radius 1 is 1.18 bits per heavy atom. The molecule has 114 valence electrons. The first-order valence-electron chi connectivity index (χ1n) is 7.62. The highest BCUT2D eigenvalue weighted by molar-refractivity contribution is 7.17. The van der Waals surface area contributed by atoms with Crippen LogP contribution in [-0.2, 0) is 0 Å². The molecule has 2 aliphatic rings. The van der Waals surface area contributed by atoms with Crippen LogP contribution in [0.15, 0.2) is 36.4 Å². The van der Waals surface area contributed by atoms with Gasteiger partial charge in [0.05, 0.1) is 4.88 Å². The molecule has 1 aliphatic carbocycles.